The molecule has 4 nitrogen and oxygen atoms in total. The molecule has 0 amide bonds. The molecule has 0 aliphatic rings. The summed E-state index contributed by atoms with van der Waals surface area (Å²) < 4.78 is 0. The van der Waals surface area contributed by atoms with Gasteiger partial charge in [-0.05, 0) is 11.6 Å². The van der Waals surface area contributed by atoms with Gasteiger partial charge in [0, 0.05) is 17.3 Å². The number of ketones is 1. The van der Waals surface area contributed by atoms with Crippen molar-refractivity contribution in [2.45, 2.75) is 19.8 Å². The van der Waals surface area contributed by atoms with E-state index in [9.17, 15) is 9.59 Å². The van der Waals surface area contributed by atoms with Gasteiger partial charge < -0.3 is 10.1 Å². The molecular weight excluding hydrogens is 218 g/mol. The standard InChI is InChI=1S/C13H13NO3/c1-2-11(15)13-9(7-12(16)17)8-5-3-4-6-10(8)14-13/h3-6,14H,2,7H2,1H3,(H,16,17). The first kappa shape index (κ1) is 11.4. The van der Waals surface area contributed by atoms with Crippen molar-refractivity contribution in [3.63, 3.8) is 0 Å². The number of H-pyrrole nitrogens is 1. The van der Waals surface area contributed by atoms with Crippen LogP contribution in [0.25, 0.3) is 10.9 Å². The lowest BCUT2D eigenvalue weighted by atomic mass is 10.0. The van der Waals surface area contributed by atoms with E-state index in [0.29, 0.717) is 17.7 Å². The van der Waals surface area contributed by atoms with Crippen LogP contribution in [0.1, 0.15) is 29.4 Å². The smallest absolute Gasteiger partial charge is 0.307 e. The normalized spacial score (nSPS) is 10.6. The Kier molecular flexibility index (Phi) is 2.95. The SMILES string of the molecule is CCC(=O)c1[nH]c2ccccc2c1CC(=O)O. The summed E-state index contributed by atoms with van der Waals surface area (Å²) in [7, 11) is 0. The molecular formula is C13H13NO3. The molecule has 0 saturated heterocycles. The number of Topliss-reactive ketones (excluding diaryl/α,β-unsaturated/α-hetero) is 1. The Balaban J connectivity index is 2.64. The average molecular weight is 231 g/mol. The summed E-state index contributed by atoms with van der Waals surface area (Å²) >= 11 is 0. The second-order valence-corrected chi connectivity index (χ2v) is 3.87. The van der Waals surface area contributed by atoms with Crippen LogP contribution in [0.2, 0.25) is 0 Å². The fraction of sp³-hybridized carbons (Fsp3) is 0.231. The molecule has 0 aliphatic carbocycles. The predicted molar refractivity (Wildman–Crippen MR) is 64.3 cm³/mol. The van der Waals surface area contributed by atoms with E-state index < -0.39 is 5.97 Å². The van der Waals surface area contributed by atoms with E-state index in [2.05, 4.69) is 4.98 Å². The van der Waals surface area contributed by atoms with Crippen LogP contribution in [0.4, 0.5) is 0 Å². The van der Waals surface area contributed by atoms with Crippen LogP contribution in [0.15, 0.2) is 24.3 Å². The van der Waals surface area contributed by atoms with Crippen molar-refractivity contribution in [3.8, 4) is 0 Å². The molecule has 88 valence electrons. The van der Waals surface area contributed by atoms with Gasteiger partial charge in [0.25, 0.3) is 0 Å². The van der Waals surface area contributed by atoms with E-state index in [1.54, 1.807) is 6.92 Å². The minimum atomic E-state index is -0.931. The molecule has 0 spiro atoms. The van der Waals surface area contributed by atoms with Crippen LogP contribution >= 0.6 is 0 Å². The van der Waals surface area contributed by atoms with E-state index in [0.717, 1.165) is 10.9 Å². The highest BCUT2D eigenvalue weighted by Gasteiger charge is 2.18. The van der Waals surface area contributed by atoms with Crippen molar-refractivity contribution in [2.24, 2.45) is 0 Å². The lowest BCUT2D eigenvalue weighted by molar-refractivity contribution is -0.136. The number of carboxylic acids is 1. The zero-order valence-electron chi connectivity index (χ0n) is 9.49. The number of carbonyl (C=O) groups excluding carboxylic acids is 1. The molecule has 0 unspecified atom stereocenters. The average Bonchev–Trinajstić information content (AvgIpc) is 2.67. The molecule has 2 aromatic rings. The Labute approximate surface area is 98.3 Å². The molecule has 1 aromatic heterocycles. The van der Waals surface area contributed by atoms with Gasteiger partial charge in [0.15, 0.2) is 5.78 Å². The molecule has 1 heterocycles. The summed E-state index contributed by atoms with van der Waals surface area (Å²) in [6, 6.07) is 7.36. The van der Waals surface area contributed by atoms with Crippen molar-refractivity contribution >= 4 is 22.7 Å². The maximum atomic E-state index is 11.8. The van der Waals surface area contributed by atoms with E-state index in [-0.39, 0.29) is 12.2 Å². The number of nitrogens with one attached hydrogen (secondary N) is 1. The number of benzene rings is 1. The quantitative estimate of drug-likeness (QED) is 0.794. The van der Waals surface area contributed by atoms with E-state index in [4.69, 9.17) is 5.11 Å². The third-order valence-electron chi connectivity index (χ3n) is 2.74. The molecule has 1 aromatic carbocycles. The summed E-state index contributed by atoms with van der Waals surface area (Å²) in [6.45, 7) is 1.76. The fourth-order valence-corrected chi connectivity index (χ4v) is 1.95. The third kappa shape index (κ3) is 2.06. The summed E-state index contributed by atoms with van der Waals surface area (Å²) in [4.78, 5) is 25.6. The number of aromatic amines is 1. The van der Waals surface area contributed by atoms with E-state index >= 15 is 0 Å². The number of carbonyl (C=O) groups is 2. The van der Waals surface area contributed by atoms with E-state index in [1.807, 2.05) is 24.3 Å². The highest BCUT2D eigenvalue weighted by molar-refractivity contribution is 6.03. The second kappa shape index (κ2) is 4.41. The first-order valence-electron chi connectivity index (χ1n) is 5.48. The monoisotopic (exact) mass is 231 g/mol. The lowest BCUT2D eigenvalue weighted by Crippen LogP contribution is -2.06. The maximum Gasteiger partial charge on any atom is 0.307 e. The molecule has 2 N–H and O–H groups in total. The number of para-hydroxylation sites is 1. The molecule has 0 fully saturated rings. The van der Waals surface area contributed by atoms with Crippen molar-refractivity contribution in [3.05, 3.63) is 35.5 Å². The van der Waals surface area contributed by atoms with Crippen LogP contribution in [0, 0.1) is 0 Å². The third-order valence-corrected chi connectivity index (χ3v) is 2.74. The molecule has 0 aliphatic heterocycles. The van der Waals surface area contributed by atoms with Crippen LogP contribution in [-0.4, -0.2) is 21.8 Å². The Hall–Kier alpha value is -2.10. The van der Waals surface area contributed by atoms with Gasteiger partial charge in [-0.3, -0.25) is 9.59 Å². The lowest BCUT2D eigenvalue weighted by Gasteiger charge is -1.99. The van der Waals surface area contributed by atoms with E-state index in [1.165, 1.54) is 0 Å². The van der Waals surface area contributed by atoms with Gasteiger partial charge in [0.1, 0.15) is 0 Å². The predicted octanol–water partition coefficient (Wildman–Crippen LogP) is 2.39. The maximum absolute atomic E-state index is 11.8. The van der Waals surface area contributed by atoms with Crippen molar-refractivity contribution in [1.29, 1.82) is 0 Å². The molecule has 0 radical (unpaired) electrons. The Morgan fingerprint density at radius 1 is 1.29 bits per heavy atom. The molecule has 0 bridgehead atoms. The largest absolute Gasteiger partial charge is 0.481 e. The minimum Gasteiger partial charge on any atom is -0.481 e. The zero-order valence-corrected chi connectivity index (χ0v) is 9.49. The van der Waals surface area contributed by atoms with Crippen LogP contribution in [-0.2, 0) is 11.2 Å². The number of fused-ring (bicyclic) bond motifs is 1. The summed E-state index contributed by atoms with van der Waals surface area (Å²) in [5, 5.41) is 9.71. The van der Waals surface area contributed by atoms with Crippen molar-refractivity contribution in [1.82, 2.24) is 4.98 Å². The molecule has 0 saturated carbocycles. The Bertz CT molecular complexity index is 583. The fourth-order valence-electron chi connectivity index (χ4n) is 1.95. The van der Waals surface area contributed by atoms with Gasteiger partial charge in [0.2, 0.25) is 0 Å². The van der Waals surface area contributed by atoms with Gasteiger partial charge in [0.05, 0.1) is 12.1 Å². The second-order valence-electron chi connectivity index (χ2n) is 3.87. The van der Waals surface area contributed by atoms with Crippen molar-refractivity contribution < 1.29 is 14.7 Å². The van der Waals surface area contributed by atoms with Gasteiger partial charge in [-0.15, -0.1) is 0 Å². The van der Waals surface area contributed by atoms with Crippen LogP contribution in [0.5, 0.6) is 0 Å². The minimum absolute atomic E-state index is 0.0579. The molecule has 2 rings (SSSR count). The van der Waals surface area contributed by atoms with Gasteiger partial charge in [-0.2, -0.15) is 0 Å². The van der Waals surface area contributed by atoms with Gasteiger partial charge >= 0.3 is 5.97 Å². The number of aromatic nitrogens is 1. The number of carboxylic acid groups (broad SMARTS) is 1. The topological polar surface area (TPSA) is 70.2 Å². The number of hydrogen-bond acceptors (Lipinski definition) is 2. The van der Waals surface area contributed by atoms with Gasteiger partial charge in [-0.25, -0.2) is 0 Å². The number of aliphatic carboxylic acids is 1. The summed E-state index contributed by atoms with van der Waals surface area (Å²) in [5.74, 6) is -0.989. The number of hydrogen-bond donors (Lipinski definition) is 2. The first-order valence-corrected chi connectivity index (χ1v) is 5.48. The summed E-state index contributed by atoms with van der Waals surface area (Å²) in [6.07, 6.45) is 0.227. The van der Waals surface area contributed by atoms with Crippen LogP contribution < -0.4 is 0 Å². The Morgan fingerprint density at radius 2 is 2.00 bits per heavy atom. The Morgan fingerprint density at radius 3 is 2.65 bits per heavy atom. The molecule has 17 heavy (non-hydrogen) atoms. The van der Waals surface area contributed by atoms with Gasteiger partial charge in [-0.1, -0.05) is 25.1 Å². The highest BCUT2D eigenvalue weighted by atomic mass is 16.4. The zero-order chi connectivity index (χ0) is 12.4. The van der Waals surface area contributed by atoms with Crippen LogP contribution in [0.3, 0.4) is 0 Å². The molecule has 0 atom stereocenters. The first-order chi connectivity index (χ1) is 8.13. The van der Waals surface area contributed by atoms with Crippen molar-refractivity contribution in [2.75, 3.05) is 0 Å². The molecule has 4 heteroatoms. The highest BCUT2D eigenvalue weighted by Crippen LogP contribution is 2.23. The number of rotatable bonds is 4. The summed E-state index contributed by atoms with van der Waals surface area (Å²) in [5.41, 5.74) is 1.82.